The van der Waals surface area contributed by atoms with Crippen LogP contribution in [-0.2, 0) is 9.53 Å². The minimum absolute atomic E-state index is 0.221. The van der Waals surface area contributed by atoms with Crippen molar-refractivity contribution in [1.82, 2.24) is 24.5 Å². The Kier molecular flexibility index (Phi) is 8.20. The lowest BCUT2D eigenvalue weighted by atomic mass is 10.1. The number of likely N-dealkylation sites (tertiary alicyclic amines) is 1. The molecular formula is C27H33FN6O4. The van der Waals surface area contributed by atoms with Gasteiger partial charge in [0.25, 0.3) is 6.47 Å². The van der Waals surface area contributed by atoms with Crippen molar-refractivity contribution < 1.29 is 23.8 Å². The van der Waals surface area contributed by atoms with Gasteiger partial charge < -0.3 is 20.3 Å². The number of pyridine rings is 2. The molecule has 4 heterocycles. The highest BCUT2D eigenvalue weighted by Crippen LogP contribution is 2.32. The van der Waals surface area contributed by atoms with Crippen molar-refractivity contribution in [2.24, 2.45) is 5.73 Å². The molecule has 0 unspecified atom stereocenters. The number of nitrogens with two attached hydrogens (primary N) is 1. The third kappa shape index (κ3) is 5.90. The predicted molar refractivity (Wildman–Crippen MR) is 142 cm³/mol. The first-order valence-electron chi connectivity index (χ1n) is 12.4. The van der Waals surface area contributed by atoms with Crippen molar-refractivity contribution in [3.05, 3.63) is 54.0 Å². The Labute approximate surface area is 220 Å². The average molecular weight is 525 g/mol. The number of halogens is 1. The van der Waals surface area contributed by atoms with E-state index < -0.39 is 5.60 Å². The Morgan fingerprint density at radius 2 is 2.03 bits per heavy atom. The zero-order valence-electron chi connectivity index (χ0n) is 22.0. The quantitative estimate of drug-likeness (QED) is 0.348. The predicted octanol–water partition coefficient (Wildman–Crippen LogP) is 3.68. The molecule has 0 bridgehead atoms. The molecule has 0 saturated carbocycles. The SMILES string of the molecule is COCC(C)(C)Oc1cc(F)cc2ccc(-c3nnc4ccc([C@H](C)N5CC[C@H](N)C5)cn34)nc12.O=CO. The second-order valence-corrected chi connectivity index (χ2v) is 10.0. The van der Waals surface area contributed by atoms with Crippen LogP contribution in [0.5, 0.6) is 5.75 Å². The molecule has 0 amide bonds. The van der Waals surface area contributed by atoms with E-state index in [1.54, 1.807) is 7.11 Å². The fraction of sp³-hybridized carbons (Fsp3) is 0.407. The molecule has 11 heteroatoms. The van der Waals surface area contributed by atoms with E-state index in [9.17, 15) is 4.39 Å². The number of carboxylic acid groups (broad SMARTS) is 1. The summed E-state index contributed by atoms with van der Waals surface area (Å²) in [6.07, 6.45) is 3.08. The van der Waals surface area contributed by atoms with E-state index in [0.29, 0.717) is 34.8 Å². The molecule has 202 valence electrons. The average Bonchev–Trinajstić information content (AvgIpc) is 3.49. The van der Waals surface area contributed by atoms with Crippen molar-refractivity contribution in [3.8, 4) is 17.3 Å². The summed E-state index contributed by atoms with van der Waals surface area (Å²) in [6, 6.07) is 11.0. The number of rotatable bonds is 7. The topological polar surface area (TPSA) is 128 Å². The Bertz CT molecular complexity index is 1430. The number of ether oxygens (including phenoxy) is 2. The molecule has 10 nitrogen and oxygen atoms in total. The van der Waals surface area contributed by atoms with Gasteiger partial charge in [-0.1, -0.05) is 12.1 Å². The molecule has 3 aromatic heterocycles. The molecule has 38 heavy (non-hydrogen) atoms. The molecule has 0 spiro atoms. The summed E-state index contributed by atoms with van der Waals surface area (Å²) in [5, 5.41) is 16.3. The summed E-state index contributed by atoms with van der Waals surface area (Å²) in [7, 11) is 1.61. The molecule has 0 radical (unpaired) electrons. The summed E-state index contributed by atoms with van der Waals surface area (Å²) in [5.74, 6) is 0.585. The van der Waals surface area contributed by atoms with Gasteiger partial charge in [0.05, 0.1) is 6.61 Å². The van der Waals surface area contributed by atoms with Crippen LogP contribution in [0, 0.1) is 5.82 Å². The molecule has 1 fully saturated rings. The monoisotopic (exact) mass is 524 g/mol. The molecule has 1 aliphatic heterocycles. The largest absolute Gasteiger partial charge is 0.483 e. The van der Waals surface area contributed by atoms with Gasteiger partial charge in [-0.25, -0.2) is 9.37 Å². The maximum atomic E-state index is 14.3. The van der Waals surface area contributed by atoms with Gasteiger partial charge in [0.1, 0.15) is 28.4 Å². The summed E-state index contributed by atoms with van der Waals surface area (Å²) in [5.41, 5.74) is 8.53. The standard InChI is InChI=1S/C26H31FN6O2.CH2O2/c1-16(32-10-9-20(28)14-32)18-6-8-23-30-31-25(33(23)13-18)21-7-5-17-11-19(27)12-22(24(17)29-21)35-26(2,3)15-34-4;2-1-3/h5-8,11-13,16,20H,9-10,14-15,28H2,1-4H3;1H,(H,2,3)/t16-,20-;/m0./s1. The van der Waals surface area contributed by atoms with Crippen LogP contribution >= 0.6 is 0 Å². The minimum atomic E-state index is -0.655. The van der Waals surface area contributed by atoms with Crippen LogP contribution in [0.15, 0.2) is 42.6 Å². The minimum Gasteiger partial charge on any atom is -0.483 e. The van der Waals surface area contributed by atoms with Gasteiger partial charge in [-0.2, -0.15) is 0 Å². The van der Waals surface area contributed by atoms with Crippen LogP contribution in [0.2, 0.25) is 0 Å². The molecular weight excluding hydrogens is 491 g/mol. The zero-order chi connectivity index (χ0) is 27.4. The van der Waals surface area contributed by atoms with Crippen molar-refractivity contribution in [3.63, 3.8) is 0 Å². The summed E-state index contributed by atoms with van der Waals surface area (Å²) in [4.78, 5) is 15.6. The van der Waals surface area contributed by atoms with Gasteiger partial charge in [0.2, 0.25) is 0 Å². The van der Waals surface area contributed by atoms with Gasteiger partial charge in [0, 0.05) is 49.9 Å². The first-order valence-corrected chi connectivity index (χ1v) is 12.4. The fourth-order valence-electron chi connectivity index (χ4n) is 4.75. The van der Waals surface area contributed by atoms with Crippen LogP contribution in [0.4, 0.5) is 4.39 Å². The molecule has 3 N–H and O–H groups in total. The summed E-state index contributed by atoms with van der Waals surface area (Å²) < 4.78 is 27.7. The molecule has 1 aromatic carbocycles. The molecule has 1 saturated heterocycles. The van der Waals surface area contributed by atoms with E-state index in [1.165, 1.54) is 12.1 Å². The van der Waals surface area contributed by atoms with Crippen LogP contribution < -0.4 is 10.5 Å². The van der Waals surface area contributed by atoms with Gasteiger partial charge in [-0.05, 0) is 51.0 Å². The van der Waals surface area contributed by atoms with Gasteiger partial charge in [-0.15, -0.1) is 10.2 Å². The number of hydrogen-bond acceptors (Lipinski definition) is 8. The zero-order valence-corrected chi connectivity index (χ0v) is 22.0. The van der Waals surface area contributed by atoms with Gasteiger partial charge >= 0.3 is 0 Å². The molecule has 4 aromatic rings. The number of hydrogen-bond donors (Lipinski definition) is 2. The van der Waals surface area contributed by atoms with Crippen LogP contribution in [0.3, 0.4) is 0 Å². The van der Waals surface area contributed by atoms with E-state index >= 15 is 0 Å². The van der Waals surface area contributed by atoms with Crippen LogP contribution in [-0.4, -0.2) is 74.5 Å². The Morgan fingerprint density at radius 3 is 2.71 bits per heavy atom. The lowest BCUT2D eigenvalue weighted by molar-refractivity contribution is -0.122. The van der Waals surface area contributed by atoms with E-state index in [0.717, 1.165) is 30.7 Å². The number of aromatic nitrogens is 4. The maximum absolute atomic E-state index is 14.3. The molecule has 5 rings (SSSR count). The smallest absolute Gasteiger partial charge is 0.290 e. The molecule has 1 aliphatic rings. The Hall–Kier alpha value is -3.67. The molecule has 2 atom stereocenters. The lowest BCUT2D eigenvalue weighted by Gasteiger charge is -2.26. The van der Waals surface area contributed by atoms with E-state index in [-0.39, 0.29) is 24.4 Å². The third-order valence-electron chi connectivity index (χ3n) is 6.54. The lowest BCUT2D eigenvalue weighted by Crippen LogP contribution is -2.33. The highest BCUT2D eigenvalue weighted by Gasteiger charge is 2.25. The summed E-state index contributed by atoms with van der Waals surface area (Å²) in [6.45, 7) is 7.94. The van der Waals surface area contributed by atoms with Crippen molar-refractivity contribution in [1.29, 1.82) is 0 Å². The molecule has 0 aliphatic carbocycles. The highest BCUT2D eigenvalue weighted by atomic mass is 19.1. The maximum Gasteiger partial charge on any atom is 0.290 e. The van der Waals surface area contributed by atoms with E-state index in [4.69, 9.17) is 30.1 Å². The van der Waals surface area contributed by atoms with Gasteiger partial charge in [-0.3, -0.25) is 14.1 Å². The van der Waals surface area contributed by atoms with Crippen molar-refractivity contribution >= 4 is 23.0 Å². The number of methoxy groups -OCH3 is 1. The van der Waals surface area contributed by atoms with E-state index in [1.807, 2.05) is 36.4 Å². The Balaban J connectivity index is 0.00000107. The number of nitrogens with zero attached hydrogens (tertiary/aromatic N) is 5. The number of fused-ring (bicyclic) bond motifs is 2. The third-order valence-corrected chi connectivity index (χ3v) is 6.54. The fourth-order valence-corrected chi connectivity index (χ4v) is 4.75. The summed E-state index contributed by atoms with van der Waals surface area (Å²) >= 11 is 0. The van der Waals surface area contributed by atoms with Crippen molar-refractivity contribution in [2.45, 2.75) is 44.9 Å². The van der Waals surface area contributed by atoms with Crippen LogP contribution in [0.1, 0.15) is 38.8 Å². The number of carbonyl (C=O) groups is 1. The van der Waals surface area contributed by atoms with E-state index in [2.05, 4.69) is 34.3 Å². The first kappa shape index (κ1) is 27.4. The second-order valence-electron chi connectivity index (χ2n) is 10.0. The Morgan fingerprint density at radius 1 is 1.26 bits per heavy atom. The van der Waals surface area contributed by atoms with Crippen molar-refractivity contribution in [2.75, 3.05) is 26.8 Å². The van der Waals surface area contributed by atoms with Gasteiger partial charge in [0.15, 0.2) is 11.5 Å². The second kappa shape index (κ2) is 11.4. The first-order chi connectivity index (χ1) is 18.2. The number of benzene rings is 1. The highest BCUT2D eigenvalue weighted by molar-refractivity contribution is 5.86. The van der Waals surface area contributed by atoms with Crippen LogP contribution in [0.25, 0.3) is 28.1 Å². The normalized spacial score (nSPS) is 16.8.